The van der Waals surface area contributed by atoms with E-state index in [1.165, 1.54) is 5.56 Å². The van der Waals surface area contributed by atoms with E-state index in [0.29, 0.717) is 0 Å². The van der Waals surface area contributed by atoms with Gasteiger partial charge in [-0.05, 0) is 36.5 Å². The highest BCUT2D eigenvalue weighted by molar-refractivity contribution is 9.10. The molecule has 0 aliphatic heterocycles. The van der Waals surface area contributed by atoms with Gasteiger partial charge in [-0.15, -0.1) is 11.3 Å². The monoisotopic (exact) mass is 350 g/mol. The molecule has 1 N–H and O–H groups in total. The normalized spacial score (nSPS) is 12.9. The topological polar surface area (TPSA) is 37.5 Å². The molecule has 2 heterocycles. The summed E-state index contributed by atoms with van der Waals surface area (Å²) in [6.07, 6.45) is 5.73. The van der Waals surface area contributed by atoms with Crippen LogP contribution in [0, 0.1) is 5.92 Å². The van der Waals surface area contributed by atoms with E-state index in [4.69, 9.17) is 0 Å². The summed E-state index contributed by atoms with van der Waals surface area (Å²) in [6, 6.07) is 8.25. The Labute approximate surface area is 130 Å². The Kier molecular flexibility index (Phi) is 4.19. The van der Waals surface area contributed by atoms with Crippen molar-refractivity contribution in [3.05, 3.63) is 57.8 Å². The lowest BCUT2D eigenvalue weighted by atomic mass is 9.96. The first-order chi connectivity index (χ1) is 9.74. The fourth-order valence-electron chi connectivity index (χ4n) is 2.37. The summed E-state index contributed by atoms with van der Waals surface area (Å²) in [5, 5.41) is 11.6. The maximum absolute atomic E-state index is 9.60. The fourth-order valence-corrected chi connectivity index (χ4v) is 3.53. The summed E-state index contributed by atoms with van der Waals surface area (Å²) in [7, 11) is 0. The number of fused-ring (bicyclic) bond motifs is 1. The molecule has 3 rings (SSSR count). The van der Waals surface area contributed by atoms with Crippen LogP contribution in [0.5, 0.6) is 0 Å². The van der Waals surface area contributed by atoms with Crippen LogP contribution < -0.4 is 0 Å². The minimum Gasteiger partial charge on any atom is -0.396 e. The molecular weight excluding hydrogens is 336 g/mol. The van der Waals surface area contributed by atoms with E-state index in [1.807, 2.05) is 28.1 Å². The number of hydrogen-bond acceptors (Lipinski definition) is 3. The van der Waals surface area contributed by atoms with E-state index in [1.54, 1.807) is 11.3 Å². The van der Waals surface area contributed by atoms with Crippen LogP contribution in [0.1, 0.15) is 11.3 Å². The second kappa shape index (κ2) is 6.08. The van der Waals surface area contributed by atoms with E-state index in [0.717, 1.165) is 28.0 Å². The Balaban J connectivity index is 1.72. The van der Waals surface area contributed by atoms with E-state index >= 15 is 0 Å². The summed E-state index contributed by atoms with van der Waals surface area (Å²) in [6.45, 7) is 0.178. The standard InChI is InChI=1S/C15H15BrN2OS/c16-13-3-1-2-11(7-13)6-12(10-19)8-14-9-18-4-5-20-15(18)17-14/h1-5,7,9,12,19H,6,8,10H2. The molecule has 3 nitrogen and oxygen atoms in total. The number of aliphatic hydroxyl groups is 1. The first-order valence-corrected chi connectivity index (χ1v) is 8.18. The van der Waals surface area contributed by atoms with Crippen molar-refractivity contribution in [3.63, 3.8) is 0 Å². The van der Waals surface area contributed by atoms with Crippen molar-refractivity contribution in [1.82, 2.24) is 9.38 Å². The van der Waals surface area contributed by atoms with Crippen molar-refractivity contribution in [2.45, 2.75) is 12.8 Å². The highest BCUT2D eigenvalue weighted by Gasteiger charge is 2.13. The Hall–Kier alpha value is -1.17. The first kappa shape index (κ1) is 13.8. The minimum atomic E-state index is 0.178. The summed E-state index contributed by atoms with van der Waals surface area (Å²) < 4.78 is 3.11. The predicted molar refractivity (Wildman–Crippen MR) is 85.2 cm³/mol. The number of rotatable bonds is 5. The Morgan fingerprint density at radius 2 is 2.25 bits per heavy atom. The number of aromatic nitrogens is 2. The first-order valence-electron chi connectivity index (χ1n) is 6.51. The number of benzene rings is 1. The van der Waals surface area contributed by atoms with E-state index in [2.05, 4.69) is 39.2 Å². The van der Waals surface area contributed by atoms with Crippen molar-refractivity contribution in [2.24, 2.45) is 5.92 Å². The number of thiazole rings is 1. The van der Waals surface area contributed by atoms with E-state index < -0.39 is 0 Å². The lowest BCUT2D eigenvalue weighted by Gasteiger charge is -2.12. The Morgan fingerprint density at radius 3 is 3.00 bits per heavy atom. The van der Waals surface area contributed by atoms with Gasteiger partial charge in [-0.25, -0.2) is 4.98 Å². The summed E-state index contributed by atoms with van der Waals surface area (Å²) in [4.78, 5) is 5.59. The predicted octanol–water partition coefficient (Wildman–Crippen LogP) is 3.55. The van der Waals surface area contributed by atoms with Crippen LogP contribution in [0.3, 0.4) is 0 Å². The molecule has 0 aliphatic rings. The largest absolute Gasteiger partial charge is 0.396 e. The van der Waals surface area contributed by atoms with E-state index in [-0.39, 0.29) is 12.5 Å². The van der Waals surface area contributed by atoms with Crippen molar-refractivity contribution in [3.8, 4) is 0 Å². The van der Waals surface area contributed by atoms with Crippen molar-refractivity contribution < 1.29 is 5.11 Å². The lowest BCUT2D eigenvalue weighted by Crippen LogP contribution is -2.13. The summed E-state index contributed by atoms with van der Waals surface area (Å²) in [5.41, 5.74) is 2.28. The molecule has 0 saturated heterocycles. The van der Waals surface area contributed by atoms with Crippen LogP contribution in [-0.2, 0) is 12.8 Å². The molecule has 0 spiro atoms. The van der Waals surface area contributed by atoms with Crippen LogP contribution in [0.4, 0.5) is 0 Å². The van der Waals surface area contributed by atoms with Crippen LogP contribution in [0.25, 0.3) is 4.96 Å². The van der Waals surface area contributed by atoms with Gasteiger partial charge in [0.1, 0.15) is 0 Å². The van der Waals surface area contributed by atoms with Crippen LogP contribution >= 0.6 is 27.3 Å². The van der Waals surface area contributed by atoms with Crippen molar-refractivity contribution >= 4 is 32.2 Å². The molecule has 1 aromatic carbocycles. The van der Waals surface area contributed by atoms with Crippen molar-refractivity contribution in [2.75, 3.05) is 6.61 Å². The van der Waals surface area contributed by atoms with E-state index in [9.17, 15) is 5.11 Å². The second-order valence-electron chi connectivity index (χ2n) is 4.91. The third-order valence-electron chi connectivity index (χ3n) is 3.31. The van der Waals surface area contributed by atoms with Gasteiger partial charge in [0.05, 0.1) is 5.69 Å². The smallest absolute Gasteiger partial charge is 0.193 e. The number of imidazole rings is 1. The Bertz CT molecular complexity index is 678. The second-order valence-corrected chi connectivity index (χ2v) is 6.70. The van der Waals surface area contributed by atoms with Crippen LogP contribution in [0.15, 0.2) is 46.5 Å². The van der Waals surface area contributed by atoms with Gasteiger partial charge < -0.3 is 5.11 Å². The van der Waals surface area contributed by atoms with Crippen LogP contribution in [-0.4, -0.2) is 21.1 Å². The van der Waals surface area contributed by atoms with Crippen LogP contribution in [0.2, 0.25) is 0 Å². The minimum absolute atomic E-state index is 0.178. The molecule has 0 bridgehead atoms. The fraction of sp³-hybridized carbons (Fsp3) is 0.267. The van der Waals surface area contributed by atoms with Gasteiger partial charge in [-0.2, -0.15) is 0 Å². The van der Waals surface area contributed by atoms with Gasteiger partial charge >= 0.3 is 0 Å². The number of halogens is 1. The lowest BCUT2D eigenvalue weighted by molar-refractivity contribution is 0.224. The molecule has 3 aromatic rings. The quantitative estimate of drug-likeness (QED) is 0.763. The molecule has 2 aromatic heterocycles. The maximum atomic E-state index is 9.60. The summed E-state index contributed by atoms with van der Waals surface area (Å²) >= 11 is 5.11. The summed E-state index contributed by atoms with van der Waals surface area (Å²) in [5.74, 6) is 0.203. The molecule has 0 saturated carbocycles. The molecule has 0 fully saturated rings. The highest BCUT2D eigenvalue weighted by atomic mass is 79.9. The third-order valence-corrected chi connectivity index (χ3v) is 4.58. The van der Waals surface area contributed by atoms with Gasteiger partial charge in [0.15, 0.2) is 4.96 Å². The number of aliphatic hydroxyl groups excluding tert-OH is 1. The molecule has 0 aliphatic carbocycles. The average molecular weight is 351 g/mol. The molecule has 0 radical (unpaired) electrons. The van der Waals surface area contributed by atoms with Gasteiger partial charge in [-0.3, -0.25) is 4.40 Å². The van der Waals surface area contributed by atoms with Gasteiger partial charge in [0, 0.05) is 28.9 Å². The molecule has 1 unspecified atom stereocenters. The zero-order valence-corrected chi connectivity index (χ0v) is 13.3. The Morgan fingerprint density at radius 1 is 1.35 bits per heavy atom. The van der Waals surface area contributed by atoms with Gasteiger partial charge in [0.2, 0.25) is 0 Å². The SMILES string of the molecule is OCC(Cc1cccc(Br)c1)Cc1cn2ccsc2n1. The van der Waals surface area contributed by atoms with Gasteiger partial charge in [0.25, 0.3) is 0 Å². The average Bonchev–Trinajstić information content (AvgIpc) is 2.98. The molecule has 20 heavy (non-hydrogen) atoms. The zero-order valence-electron chi connectivity index (χ0n) is 10.9. The molecular formula is C15H15BrN2OS. The molecule has 1 atom stereocenters. The number of hydrogen-bond donors (Lipinski definition) is 1. The highest BCUT2D eigenvalue weighted by Crippen LogP contribution is 2.19. The molecule has 104 valence electrons. The maximum Gasteiger partial charge on any atom is 0.193 e. The van der Waals surface area contributed by atoms with Gasteiger partial charge in [-0.1, -0.05) is 28.1 Å². The zero-order chi connectivity index (χ0) is 13.9. The van der Waals surface area contributed by atoms with Crippen molar-refractivity contribution in [1.29, 1.82) is 0 Å². The third kappa shape index (κ3) is 3.11. The molecule has 5 heteroatoms. The molecule has 0 amide bonds. The number of nitrogens with zero attached hydrogens (tertiary/aromatic N) is 2.